The third kappa shape index (κ3) is 3.53. The van der Waals surface area contributed by atoms with E-state index in [-0.39, 0.29) is 11.3 Å². The molecule has 0 heterocycles. The van der Waals surface area contributed by atoms with Gasteiger partial charge in [0.05, 0.1) is 5.37 Å². The SMILES string of the molecule is C=CC(NC(=N)N)Sc1ccccc1. The monoisotopic (exact) mass is 207 g/mol. The van der Waals surface area contributed by atoms with E-state index in [2.05, 4.69) is 11.9 Å². The van der Waals surface area contributed by atoms with Gasteiger partial charge in [-0.15, -0.1) is 6.58 Å². The van der Waals surface area contributed by atoms with Crippen LogP contribution in [0.5, 0.6) is 0 Å². The maximum absolute atomic E-state index is 7.10. The predicted octanol–water partition coefficient (Wildman–Crippen LogP) is 1.77. The van der Waals surface area contributed by atoms with E-state index in [4.69, 9.17) is 11.1 Å². The van der Waals surface area contributed by atoms with Crippen LogP contribution in [0.1, 0.15) is 0 Å². The minimum absolute atomic E-state index is 0.0432. The van der Waals surface area contributed by atoms with Crippen LogP contribution in [0.15, 0.2) is 47.9 Å². The standard InChI is InChI=1S/C10H13N3S/c1-2-9(13-10(11)12)14-8-6-4-3-5-7-8/h2-7,9H,1H2,(H4,11,12,13). The van der Waals surface area contributed by atoms with Crippen LogP contribution in [0.3, 0.4) is 0 Å². The summed E-state index contributed by atoms with van der Waals surface area (Å²) in [5, 5.41) is 9.82. The van der Waals surface area contributed by atoms with E-state index in [0.717, 1.165) is 4.90 Å². The molecule has 0 aliphatic rings. The van der Waals surface area contributed by atoms with Gasteiger partial charge in [-0.1, -0.05) is 36.0 Å². The predicted molar refractivity (Wildman–Crippen MR) is 61.3 cm³/mol. The van der Waals surface area contributed by atoms with Crippen LogP contribution in [0.4, 0.5) is 0 Å². The van der Waals surface area contributed by atoms with Gasteiger partial charge >= 0.3 is 0 Å². The van der Waals surface area contributed by atoms with E-state index < -0.39 is 0 Å². The first kappa shape index (κ1) is 10.7. The number of rotatable bonds is 4. The van der Waals surface area contributed by atoms with Gasteiger partial charge in [-0.3, -0.25) is 5.41 Å². The Hall–Kier alpha value is -1.42. The van der Waals surface area contributed by atoms with E-state index in [1.54, 1.807) is 17.8 Å². The van der Waals surface area contributed by atoms with Crippen molar-refractivity contribution in [2.45, 2.75) is 10.3 Å². The molecule has 0 aromatic heterocycles. The van der Waals surface area contributed by atoms with Crippen LogP contribution in [0.25, 0.3) is 0 Å². The fourth-order valence-electron chi connectivity index (χ4n) is 0.935. The third-order valence-corrected chi connectivity index (χ3v) is 2.63. The van der Waals surface area contributed by atoms with Gasteiger partial charge in [0.2, 0.25) is 0 Å². The maximum Gasteiger partial charge on any atom is 0.186 e. The van der Waals surface area contributed by atoms with E-state index in [0.29, 0.717) is 0 Å². The second-order valence-corrected chi connectivity index (χ2v) is 3.86. The second-order valence-electron chi connectivity index (χ2n) is 2.65. The lowest BCUT2D eigenvalue weighted by Gasteiger charge is -2.13. The molecule has 14 heavy (non-hydrogen) atoms. The van der Waals surface area contributed by atoms with Crippen molar-refractivity contribution in [1.82, 2.24) is 5.32 Å². The van der Waals surface area contributed by atoms with Gasteiger partial charge in [-0.25, -0.2) is 0 Å². The van der Waals surface area contributed by atoms with Gasteiger partial charge in [0.25, 0.3) is 0 Å². The number of benzene rings is 1. The molecular formula is C10H13N3S. The van der Waals surface area contributed by atoms with Crippen molar-refractivity contribution >= 4 is 17.7 Å². The largest absolute Gasteiger partial charge is 0.370 e. The van der Waals surface area contributed by atoms with E-state index in [1.165, 1.54) is 0 Å². The van der Waals surface area contributed by atoms with Crippen LogP contribution in [0.2, 0.25) is 0 Å². The molecule has 74 valence electrons. The van der Waals surface area contributed by atoms with E-state index >= 15 is 0 Å². The van der Waals surface area contributed by atoms with E-state index in [1.807, 2.05) is 30.3 Å². The molecule has 0 bridgehead atoms. The van der Waals surface area contributed by atoms with Gasteiger partial charge in [-0.05, 0) is 12.1 Å². The Morgan fingerprint density at radius 1 is 1.50 bits per heavy atom. The lowest BCUT2D eigenvalue weighted by molar-refractivity contribution is 0.953. The first-order valence-electron chi connectivity index (χ1n) is 4.17. The minimum Gasteiger partial charge on any atom is -0.370 e. The summed E-state index contributed by atoms with van der Waals surface area (Å²) in [5.74, 6) is -0.0432. The molecule has 1 rings (SSSR count). The molecular weight excluding hydrogens is 194 g/mol. The van der Waals surface area contributed by atoms with E-state index in [9.17, 15) is 0 Å². The lowest BCUT2D eigenvalue weighted by Crippen LogP contribution is -2.36. The number of hydrogen-bond acceptors (Lipinski definition) is 2. The zero-order valence-electron chi connectivity index (χ0n) is 7.73. The van der Waals surface area contributed by atoms with Crippen molar-refractivity contribution < 1.29 is 0 Å². The number of nitrogens with two attached hydrogens (primary N) is 1. The Morgan fingerprint density at radius 2 is 2.14 bits per heavy atom. The maximum atomic E-state index is 7.10. The average Bonchev–Trinajstić information content (AvgIpc) is 2.17. The number of nitrogens with one attached hydrogen (secondary N) is 2. The second kappa shape index (κ2) is 5.34. The molecule has 0 aliphatic carbocycles. The molecule has 1 aromatic carbocycles. The Bertz CT molecular complexity index is 310. The summed E-state index contributed by atoms with van der Waals surface area (Å²) in [6, 6.07) is 9.91. The van der Waals surface area contributed by atoms with Crippen LogP contribution >= 0.6 is 11.8 Å². The van der Waals surface area contributed by atoms with Crippen molar-refractivity contribution in [1.29, 1.82) is 5.41 Å². The zero-order chi connectivity index (χ0) is 10.4. The highest BCUT2D eigenvalue weighted by Gasteiger charge is 2.05. The molecule has 3 nitrogen and oxygen atoms in total. The number of guanidine groups is 1. The lowest BCUT2D eigenvalue weighted by atomic mass is 10.4. The normalized spacial score (nSPS) is 11.7. The molecule has 0 saturated carbocycles. The minimum atomic E-state index is -0.0603. The van der Waals surface area contributed by atoms with Gasteiger partial charge in [-0.2, -0.15) is 0 Å². The number of thioether (sulfide) groups is 1. The Morgan fingerprint density at radius 3 is 2.64 bits per heavy atom. The smallest absolute Gasteiger partial charge is 0.186 e. The molecule has 4 N–H and O–H groups in total. The van der Waals surface area contributed by atoms with Crippen LogP contribution in [-0.4, -0.2) is 11.3 Å². The molecule has 0 amide bonds. The molecule has 1 atom stereocenters. The zero-order valence-corrected chi connectivity index (χ0v) is 8.55. The molecule has 4 heteroatoms. The summed E-state index contributed by atoms with van der Waals surface area (Å²) in [5.41, 5.74) is 5.23. The fourth-order valence-corrected chi connectivity index (χ4v) is 1.83. The first-order valence-corrected chi connectivity index (χ1v) is 5.05. The van der Waals surface area contributed by atoms with Crippen LogP contribution in [-0.2, 0) is 0 Å². The molecule has 0 aliphatic heterocycles. The number of hydrogen-bond donors (Lipinski definition) is 3. The highest BCUT2D eigenvalue weighted by atomic mass is 32.2. The summed E-state index contributed by atoms with van der Waals surface area (Å²) < 4.78 is 0. The first-order chi connectivity index (χ1) is 6.72. The summed E-state index contributed by atoms with van der Waals surface area (Å²) in [6.07, 6.45) is 1.72. The van der Waals surface area contributed by atoms with Gasteiger partial charge < -0.3 is 11.1 Å². The molecule has 1 aromatic rings. The van der Waals surface area contributed by atoms with Crippen molar-refractivity contribution in [3.05, 3.63) is 43.0 Å². The summed E-state index contributed by atoms with van der Waals surface area (Å²) >= 11 is 1.57. The van der Waals surface area contributed by atoms with Gasteiger partial charge in [0, 0.05) is 4.90 Å². The molecule has 0 radical (unpaired) electrons. The Kier molecular flexibility index (Phi) is 4.07. The van der Waals surface area contributed by atoms with Crippen molar-refractivity contribution in [3.8, 4) is 0 Å². The van der Waals surface area contributed by atoms with Gasteiger partial charge in [0.1, 0.15) is 0 Å². The van der Waals surface area contributed by atoms with Crippen molar-refractivity contribution in [2.75, 3.05) is 0 Å². The Balaban J connectivity index is 2.57. The highest BCUT2D eigenvalue weighted by molar-refractivity contribution is 8.00. The van der Waals surface area contributed by atoms with Crippen LogP contribution in [0, 0.1) is 5.41 Å². The highest BCUT2D eigenvalue weighted by Crippen LogP contribution is 2.21. The van der Waals surface area contributed by atoms with Crippen LogP contribution < -0.4 is 11.1 Å². The van der Waals surface area contributed by atoms with Crippen molar-refractivity contribution in [3.63, 3.8) is 0 Å². The topological polar surface area (TPSA) is 61.9 Å². The fraction of sp³-hybridized carbons (Fsp3) is 0.100. The summed E-state index contributed by atoms with van der Waals surface area (Å²) in [6.45, 7) is 3.67. The van der Waals surface area contributed by atoms with Gasteiger partial charge in [0.15, 0.2) is 5.96 Å². The Labute approximate surface area is 87.9 Å². The third-order valence-electron chi connectivity index (χ3n) is 1.52. The van der Waals surface area contributed by atoms with Crippen molar-refractivity contribution in [2.24, 2.45) is 5.73 Å². The molecule has 0 spiro atoms. The summed E-state index contributed by atoms with van der Waals surface area (Å²) in [7, 11) is 0. The molecule has 0 saturated heterocycles. The molecule has 0 fully saturated rings. The quantitative estimate of drug-likeness (QED) is 0.232. The average molecular weight is 207 g/mol. The molecule has 1 unspecified atom stereocenters. The summed E-state index contributed by atoms with van der Waals surface area (Å²) in [4.78, 5) is 1.12.